The topological polar surface area (TPSA) is 59.1 Å². The summed E-state index contributed by atoms with van der Waals surface area (Å²) in [5, 5.41) is 7.53. The van der Waals surface area contributed by atoms with Crippen molar-refractivity contribution >= 4 is 5.84 Å². The van der Waals surface area contributed by atoms with E-state index >= 15 is 0 Å². The Balaban J connectivity index is 2.49. The number of nitrogens with two attached hydrogens (primary N) is 1. The first-order valence-corrected chi connectivity index (χ1v) is 7.21. The van der Waals surface area contributed by atoms with Crippen LogP contribution >= 0.6 is 0 Å². The van der Waals surface area contributed by atoms with Gasteiger partial charge in [0.25, 0.3) is 0 Å². The third kappa shape index (κ3) is 4.87. The van der Waals surface area contributed by atoms with E-state index in [0.29, 0.717) is 6.61 Å². The molecule has 0 radical (unpaired) electrons. The first kappa shape index (κ1) is 16.5. The minimum atomic E-state index is -0.239. The van der Waals surface area contributed by atoms with Gasteiger partial charge in [0, 0.05) is 5.41 Å². The lowest BCUT2D eigenvalue weighted by atomic mass is 9.87. The number of hydrogen-bond donors (Lipinski definition) is 2. The first-order chi connectivity index (χ1) is 9.13. The Morgan fingerprint density at radius 2 is 1.85 bits per heavy atom. The van der Waals surface area contributed by atoms with E-state index in [2.05, 4.69) is 32.9 Å². The van der Waals surface area contributed by atoms with Crippen LogP contribution in [0, 0.1) is 10.8 Å². The van der Waals surface area contributed by atoms with E-state index in [1.54, 1.807) is 0 Å². The van der Waals surface area contributed by atoms with E-state index in [1.165, 1.54) is 5.56 Å². The Labute approximate surface area is 123 Å². The summed E-state index contributed by atoms with van der Waals surface area (Å²) < 4.78 is 5.81. The highest BCUT2D eigenvalue weighted by Gasteiger charge is 2.20. The van der Waals surface area contributed by atoms with Crippen molar-refractivity contribution in [1.82, 2.24) is 0 Å². The van der Waals surface area contributed by atoms with E-state index in [-0.39, 0.29) is 16.7 Å². The average Bonchev–Trinajstić information content (AvgIpc) is 2.34. The van der Waals surface area contributed by atoms with Crippen LogP contribution < -0.4 is 10.5 Å². The van der Waals surface area contributed by atoms with Gasteiger partial charge in [0.15, 0.2) is 0 Å². The quantitative estimate of drug-likeness (QED) is 0.467. The number of hydrogen-bond acceptors (Lipinski definition) is 2. The van der Waals surface area contributed by atoms with Gasteiger partial charge in [-0.2, -0.15) is 0 Å². The van der Waals surface area contributed by atoms with Crippen LogP contribution in [-0.2, 0) is 5.41 Å². The van der Waals surface area contributed by atoms with Crippen molar-refractivity contribution in [3.05, 3.63) is 29.8 Å². The molecule has 1 rings (SSSR count). The first-order valence-electron chi connectivity index (χ1n) is 7.21. The highest BCUT2D eigenvalue weighted by atomic mass is 16.5. The molecule has 3 heteroatoms. The zero-order chi connectivity index (χ0) is 15.4. The summed E-state index contributed by atoms with van der Waals surface area (Å²) in [6.07, 6.45) is 1.76. The second kappa shape index (κ2) is 6.29. The molecular weight excluding hydrogens is 248 g/mol. The molecule has 0 spiro atoms. The molecule has 1 aromatic rings. The molecule has 0 aromatic heterocycles. The van der Waals surface area contributed by atoms with E-state index in [9.17, 15) is 0 Å². The van der Waals surface area contributed by atoms with E-state index in [1.807, 2.05) is 26.0 Å². The maximum absolute atomic E-state index is 7.53. The Hall–Kier alpha value is -1.51. The van der Waals surface area contributed by atoms with Crippen LogP contribution in [0.1, 0.15) is 53.0 Å². The summed E-state index contributed by atoms with van der Waals surface area (Å²) in [6.45, 7) is 11.2. The molecule has 1 aromatic carbocycles. The molecule has 0 unspecified atom stereocenters. The minimum Gasteiger partial charge on any atom is -0.494 e. The maximum Gasteiger partial charge on any atom is 0.119 e. The van der Waals surface area contributed by atoms with Gasteiger partial charge in [0.05, 0.1) is 12.4 Å². The Kier molecular flexibility index (Phi) is 5.21. The molecule has 3 nitrogen and oxygen atoms in total. The normalized spacial score (nSPS) is 12.2. The lowest BCUT2D eigenvalue weighted by molar-refractivity contribution is 0.286. The summed E-state index contributed by atoms with van der Waals surface area (Å²) in [5.41, 5.74) is 6.75. The number of ether oxygens (including phenoxy) is 1. The minimum absolute atomic E-state index is 0.135. The predicted octanol–water partition coefficient (Wildman–Crippen LogP) is 4.11. The molecule has 0 aliphatic heterocycles. The summed E-state index contributed by atoms with van der Waals surface area (Å²) in [7, 11) is 0. The van der Waals surface area contributed by atoms with Gasteiger partial charge in [-0.1, -0.05) is 46.8 Å². The fraction of sp³-hybridized carbons (Fsp3) is 0.588. The van der Waals surface area contributed by atoms with Crippen molar-refractivity contribution in [2.45, 2.75) is 52.9 Å². The monoisotopic (exact) mass is 276 g/mol. The Morgan fingerprint density at radius 1 is 1.20 bits per heavy atom. The van der Waals surface area contributed by atoms with Gasteiger partial charge in [-0.05, 0) is 36.0 Å². The molecule has 0 saturated heterocycles. The van der Waals surface area contributed by atoms with Crippen LogP contribution in [0.2, 0.25) is 0 Å². The third-order valence-electron chi connectivity index (χ3n) is 3.64. The second-order valence-electron chi connectivity index (χ2n) is 7.03. The van der Waals surface area contributed by atoms with E-state index < -0.39 is 0 Å². The molecule has 0 bridgehead atoms. The summed E-state index contributed by atoms with van der Waals surface area (Å²) in [6, 6.07) is 8.27. The molecule has 0 amide bonds. The highest BCUT2D eigenvalue weighted by Crippen LogP contribution is 2.26. The molecule has 0 saturated carbocycles. The van der Waals surface area contributed by atoms with Crippen molar-refractivity contribution in [2.24, 2.45) is 11.1 Å². The Bertz CT molecular complexity index is 458. The summed E-state index contributed by atoms with van der Waals surface area (Å²) in [5.74, 6) is 1.16. The second-order valence-corrected chi connectivity index (χ2v) is 7.03. The Morgan fingerprint density at radius 3 is 2.40 bits per heavy atom. The smallest absolute Gasteiger partial charge is 0.119 e. The van der Waals surface area contributed by atoms with Gasteiger partial charge in [0.1, 0.15) is 5.75 Å². The van der Waals surface area contributed by atoms with Crippen LogP contribution in [-0.4, -0.2) is 12.4 Å². The van der Waals surface area contributed by atoms with Gasteiger partial charge in [-0.25, -0.2) is 0 Å². The van der Waals surface area contributed by atoms with Crippen molar-refractivity contribution in [3.63, 3.8) is 0 Å². The van der Waals surface area contributed by atoms with E-state index in [4.69, 9.17) is 15.9 Å². The largest absolute Gasteiger partial charge is 0.494 e. The van der Waals surface area contributed by atoms with Crippen LogP contribution in [0.25, 0.3) is 0 Å². The van der Waals surface area contributed by atoms with Gasteiger partial charge in [0.2, 0.25) is 0 Å². The van der Waals surface area contributed by atoms with Gasteiger partial charge < -0.3 is 10.5 Å². The zero-order valence-electron chi connectivity index (χ0n) is 13.4. The molecule has 0 atom stereocenters. The number of amidine groups is 1. The summed E-state index contributed by atoms with van der Waals surface area (Å²) >= 11 is 0. The molecule has 20 heavy (non-hydrogen) atoms. The average molecular weight is 276 g/mol. The van der Waals surface area contributed by atoms with Crippen molar-refractivity contribution in [2.75, 3.05) is 6.61 Å². The highest BCUT2D eigenvalue weighted by molar-refractivity contribution is 5.82. The lowest BCUT2D eigenvalue weighted by Gasteiger charge is -2.23. The van der Waals surface area contributed by atoms with E-state index in [0.717, 1.165) is 18.6 Å². The van der Waals surface area contributed by atoms with Crippen LogP contribution in [0.15, 0.2) is 24.3 Å². The SMILES string of the molecule is CC(C)(CCCOc1cccc(C(C)(C)C)c1)C(=N)N. The number of rotatable bonds is 6. The van der Waals surface area contributed by atoms with Crippen molar-refractivity contribution < 1.29 is 4.74 Å². The van der Waals surface area contributed by atoms with Crippen LogP contribution in [0.5, 0.6) is 5.75 Å². The zero-order valence-corrected chi connectivity index (χ0v) is 13.4. The molecule has 112 valence electrons. The lowest BCUT2D eigenvalue weighted by Crippen LogP contribution is -2.31. The van der Waals surface area contributed by atoms with Gasteiger partial charge >= 0.3 is 0 Å². The fourth-order valence-electron chi connectivity index (χ4n) is 1.89. The van der Waals surface area contributed by atoms with Crippen LogP contribution in [0.4, 0.5) is 0 Å². The molecule has 0 heterocycles. The van der Waals surface area contributed by atoms with Gasteiger partial charge in [-0.15, -0.1) is 0 Å². The fourth-order valence-corrected chi connectivity index (χ4v) is 1.89. The van der Waals surface area contributed by atoms with Crippen LogP contribution in [0.3, 0.4) is 0 Å². The molecular formula is C17H28N2O. The van der Waals surface area contributed by atoms with Crippen molar-refractivity contribution in [3.8, 4) is 5.75 Å². The third-order valence-corrected chi connectivity index (χ3v) is 3.64. The number of nitrogens with one attached hydrogen (secondary N) is 1. The molecule has 0 aliphatic rings. The summed E-state index contributed by atoms with van der Waals surface area (Å²) in [4.78, 5) is 0. The molecule has 0 fully saturated rings. The number of benzene rings is 1. The molecule has 3 N–H and O–H groups in total. The van der Waals surface area contributed by atoms with Crippen molar-refractivity contribution in [1.29, 1.82) is 5.41 Å². The predicted molar refractivity (Wildman–Crippen MR) is 85.6 cm³/mol. The van der Waals surface area contributed by atoms with Gasteiger partial charge in [-0.3, -0.25) is 5.41 Å². The molecule has 0 aliphatic carbocycles. The maximum atomic E-state index is 7.53. The standard InChI is InChI=1S/C17H28N2O/c1-16(2,3)13-8-6-9-14(12-13)20-11-7-10-17(4,5)15(18)19/h6,8-9,12H,7,10-11H2,1-5H3,(H3,18,19).